The zero-order valence-corrected chi connectivity index (χ0v) is 17.1. The summed E-state index contributed by atoms with van der Waals surface area (Å²) in [5.41, 5.74) is 7.89. The lowest BCUT2D eigenvalue weighted by molar-refractivity contribution is -0.127. The molecular formula is C24H29N5O. The number of amides is 1. The maximum absolute atomic E-state index is 13.0. The van der Waals surface area contributed by atoms with Crippen LogP contribution in [0.3, 0.4) is 0 Å². The van der Waals surface area contributed by atoms with Gasteiger partial charge in [-0.2, -0.15) is 5.10 Å². The molecule has 0 saturated heterocycles. The highest BCUT2D eigenvalue weighted by molar-refractivity contribution is 5.79. The second kappa shape index (κ2) is 9.67. The van der Waals surface area contributed by atoms with E-state index in [1.54, 1.807) is 0 Å². The van der Waals surface area contributed by atoms with E-state index in [2.05, 4.69) is 27.6 Å². The number of hydrogen-bond acceptors (Lipinski definition) is 4. The third-order valence-electron chi connectivity index (χ3n) is 6.01. The molecule has 4 N–H and O–H groups in total. The Balaban J connectivity index is 1.51. The fourth-order valence-corrected chi connectivity index (χ4v) is 4.16. The lowest BCUT2D eigenvalue weighted by atomic mass is 9.81. The molecule has 6 heteroatoms. The number of carbonyl (C=O) groups excluding carboxylic acids is 1. The zero-order valence-electron chi connectivity index (χ0n) is 17.1. The van der Waals surface area contributed by atoms with E-state index in [-0.39, 0.29) is 17.9 Å². The molecule has 0 radical (unpaired) electrons. The normalized spacial score (nSPS) is 19.9. The Morgan fingerprint density at radius 2 is 1.70 bits per heavy atom. The quantitative estimate of drug-likeness (QED) is 0.561. The van der Waals surface area contributed by atoms with Crippen LogP contribution in [0.15, 0.2) is 60.7 Å². The number of nitrogens with zero attached hydrogens (tertiary/aromatic N) is 2. The lowest BCUT2D eigenvalue weighted by Crippen LogP contribution is -2.37. The monoisotopic (exact) mass is 403 g/mol. The van der Waals surface area contributed by atoms with Crippen LogP contribution in [0, 0.1) is 11.8 Å². The van der Waals surface area contributed by atoms with Crippen molar-refractivity contribution in [2.24, 2.45) is 17.6 Å². The number of aromatic amines is 1. The van der Waals surface area contributed by atoms with Crippen LogP contribution in [0.2, 0.25) is 0 Å². The minimum Gasteiger partial charge on any atom is -0.346 e. The van der Waals surface area contributed by atoms with Crippen LogP contribution in [0.5, 0.6) is 0 Å². The molecule has 1 amide bonds. The molecule has 6 nitrogen and oxygen atoms in total. The van der Waals surface area contributed by atoms with Crippen LogP contribution in [0.4, 0.5) is 0 Å². The van der Waals surface area contributed by atoms with Gasteiger partial charge < -0.3 is 11.1 Å². The summed E-state index contributed by atoms with van der Waals surface area (Å²) in [6.45, 7) is 0.714. The molecule has 1 fully saturated rings. The summed E-state index contributed by atoms with van der Waals surface area (Å²) in [6.07, 6.45) is 4.51. The summed E-state index contributed by atoms with van der Waals surface area (Å²) in [4.78, 5) is 17.7. The summed E-state index contributed by atoms with van der Waals surface area (Å²) in [7, 11) is 0. The smallest absolute Gasteiger partial charge is 0.223 e. The van der Waals surface area contributed by atoms with Gasteiger partial charge in [0.25, 0.3) is 0 Å². The van der Waals surface area contributed by atoms with Gasteiger partial charge in [-0.15, -0.1) is 0 Å². The fourth-order valence-electron chi connectivity index (χ4n) is 4.16. The van der Waals surface area contributed by atoms with Crippen molar-refractivity contribution >= 4 is 5.91 Å². The van der Waals surface area contributed by atoms with Gasteiger partial charge in [0.05, 0.1) is 6.04 Å². The van der Waals surface area contributed by atoms with Gasteiger partial charge >= 0.3 is 0 Å². The predicted molar refractivity (Wildman–Crippen MR) is 117 cm³/mol. The molecule has 2 aromatic carbocycles. The number of nitrogens with one attached hydrogen (secondary N) is 2. The van der Waals surface area contributed by atoms with Crippen LogP contribution < -0.4 is 11.1 Å². The predicted octanol–water partition coefficient (Wildman–Crippen LogP) is 3.64. The van der Waals surface area contributed by atoms with Gasteiger partial charge in [0, 0.05) is 11.5 Å². The van der Waals surface area contributed by atoms with Gasteiger partial charge in [-0.05, 0) is 50.1 Å². The molecular weight excluding hydrogens is 374 g/mol. The number of aromatic nitrogens is 3. The first-order valence-corrected chi connectivity index (χ1v) is 10.7. The lowest BCUT2D eigenvalue weighted by Gasteiger charge is -2.28. The van der Waals surface area contributed by atoms with Gasteiger partial charge in [0.1, 0.15) is 5.82 Å². The van der Waals surface area contributed by atoms with Crippen molar-refractivity contribution < 1.29 is 4.79 Å². The Kier molecular flexibility index (Phi) is 6.54. The highest BCUT2D eigenvalue weighted by atomic mass is 16.2. The summed E-state index contributed by atoms with van der Waals surface area (Å²) >= 11 is 0. The Morgan fingerprint density at radius 3 is 2.37 bits per heavy atom. The van der Waals surface area contributed by atoms with E-state index < -0.39 is 0 Å². The molecule has 0 aliphatic heterocycles. The van der Waals surface area contributed by atoms with Crippen molar-refractivity contribution in [1.29, 1.82) is 0 Å². The average Bonchev–Trinajstić information content (AvgIpc) is 3.30. The summed E-state index contributed by atoms with van der Waals surface area (Å²) in [5.74, 6) is 2.02. The number of nitrogens with two attached hydrogens (primary N) is 1. The SMILES string of the molecule is NC[C@H]1CC[C@H](C(=O)N[C@@H](Cc2ccccc2)c2nc(-c3ccccc3)n[nH]2)CC1. The number of H-pyrrole nitrogens is 1. The number of benzene rings is 2. The largest absolute Gasteiger partial charge is 0.346 e. The fraction of sp³-hybridized carbons (Fsp3) is 0.375. The average molecular weight is 404 g/mol. The number of rotatable bonds is 7. The maximum atomic E-state index is 13.0. The van der Waals surface area contributed by atoms with Crippen molar-refractivity contribution in [3.8, 4) is 11.4 Å². The highest BCUT2D eigenvalue weighted by Gasteiger charge is 2.28. The summed E-state index contributed by atoms with van der Waals surface area (Å²) in [6, 6.07) is 19.8. The molecule has 4 rings (SSSR count). The van der Waals surface area contributed by atoms with Crippen molar-refractivity contribution in [2.45, 2.75) is 38.1 Å². The van der Waals surface area contributed by atoms with Gasteiger partial charge in [0.2, 0.25) is 5.91 Å². The first-order chi connectivity index (χ1) is 14.7. The molecule has 1 saturated carbocycles. The Morgan fingerprint density at radius 1 is 1.03 bits per heavy atom. The van der Waals surface area contributed by atoms with Crippen LogP contribution >= 0.6 is 0 Å². The van der Waals surface area contributed by atoms with Crippen LogP contribution in [0.25, 0.3) is 11.4 Å². The molecule has 1 aliphatic carbocycles. The van der Waals surface area contributed by atoms with E-state index in [4.69, 9.17) is 10.7 Å². The van der Waals surface area contributed by atoms with E-state index in [0.29, 0.717) is 30.5 Å². The van der Waals surface area contributed by atoms with Crippen molar-refractivity contribution in [3.05, 3.63) is 72.1 Å². The first-order valence-electron chi connectivity index (χ1n) is 10.7. The molecule has 1 aromatic heterocycles. The summed E-state index contributed by atoms with van der Waals surface area (Å²) in [5, 5.41) is 10.7. The van der Waals surface area contributed by atoms with Crippen molar-refractivity contribution in [2.75, 3.05) is 6.54 Å². The van der Waals surface area contributed by atoms with E-state index in [9.17, 15) is 4.79 Å². The molecule has 1 aliphatic rings. The third kappa shape index (κ3) is 4.94. The standard InChI is InChI=1S/C24H29N5O/c25-16-18-11-13-20(14-12-18)24(30)26-21(15-17-7-3-1-4-8-17)23-27-22(28-29-23)19-9-5-2-6-10-19/h1-10,18,20-21H,11-16,25H2,(H,26,30)(H,27,28,29)/t18-,20-,21-/m0/s1. The van der Waals surface area contributed by atoms with Crippen LogP contribution in [0.1, 0.15) is 43.1 Å². The van der Waals surface area contributed by atoms with Gasteiger partial charge in [-0.25, -0.2) is 4.98 Å². The van der Waals surface area contributed by atoms with Gasteiger partial charge in [-0.1, -0.05) is 60.7 Å². The van der Waals surface area contributed by atoms with Crippen molar-refractivity contribution in [1.82, 2.24) is 20.5 Å². The topological polar surface area (TPSA) is 96.7 Å². The van der Waals surface area contributed by atoms with E-state index in [1.165, 1.54) is 0 Å². The zero-order chi connectivity index (χ0) is 20.8. The summed E-state index contributed by atoms with van der Waals surface area (Å²) < 4.78 is 0. The van der Waals surface area contributed by atoms with Gasteiger partial charge in [-0.3, -0.25) is 9.89 Å². The molecule has 1 atom stereocenters. The molecule has 30 heavy (non-hydrogen) atoms. The molecule has 1 heterocycles. The highest BCUT2D eigenvalue weighted by Crippen LogP contribution is 2.29. The molecule has 0 spiro atoms. The second-order valence-corrected chi connectivity index (χ2v) is 8.11. The van der Waals surface area contributed by atoms with Crippen LogP contribution in [-0.4, -0.2) is 27.6 Å². The third-order valence-corrected chi connectivity index (χ3v) is 6.01. The molecule has 3 aromatic rings. The number of hydrogen-bond donors (Lipinski definition) is 3. The first kappa shape index (κ1) is 20.3. The van der Waals surface area contributed by atoms with Crippen LogP contribution in [-0.2, 0) is 11.2 Å². The minimum absolute atomic E-state index is 0.0441. The second-order valence-electron chi connectivity index (χ2n) is 8.11. The molecule has 156 valence electrons. The Bertz CT molecular complexity index is 932. The Hall–Kier alpha value is -2.99. The van der Waals surface area contributed by atoms with E-state index >= 15 is 0 Å². The van der Waals surface area contributed by atoms with E-state index in [0.717, 1.165) is 36.8 Å². The minimum atomic E-state index is -0.253. The Labute approximate surface area is 177 Å². The number of carbonyl (C=O) groups is 1. The van der Waals surface area contributed by atoms with Gasteiger partial charge in [0.15, 0.2) is 5.82 Å². The van der Waals surface area contributed by atoms with Crippen molar-refractivity contribution in [3.63, 3.8) is 0 Å². The molecule has 0 bridgehead atoms. The van der Waals surface area contributed by atoms with E-state index in [1.807, 2.05) is 48.5 Å². The maximum Gasteiger partial charge on any atom is 0.223 e. The molecule has 0 unspecified atom stereocenters.